The predicted molar refractivity (Wildman–Crippen MR) is 68.7 cm³/mol. The van der Waals surface area contributed by atoms with Gasteiger partial charge in [0.2, 0.25) is 0 Å². The quantitative estimate of drug-likeness (QED) is 0.880. The molecule has 0 amide bonds. The fraction of sp³-hybridized carbons (Fsp3) is 0.500. The minimum atomic E-state index is -3.09. The Labute approximate surface area is 107 Å². The van der Waals surface area contributed by atoms with Gasteiger partial charge in [-0.2, -0.15) is 0 Å². The van der Waals surface area contributed by atoms with Crippen LogP contribution in [0.3, 0.4) is 0 Å². The van der Waals surface area contributed by atoms with Gasteiger partial charge in [0.25, 0.3) is 0 Å². The molecule has 100 valence electrons. The summed E-state index contributed by atoms with van der Waals surface area (Å²) in [5.74, 6) is 1.35. The normalized spacial score (nSPS) is 16.3. The number of rotatable bonds is 4. The molecule has 1 aromatic carbocycles. The third kappa shape index (κ3) is 2.94. The Balaban J connectivity index is 2.18. The first kappa shape index (κ1) is 13.2. The van der Waals surface area contributed by atoms with Crippen LogP contribution in [0.2, 0.25) is 0 Å². The highest BCUT2D eigenvalue weighted by Gasteiger charge is 2.18. The third-order valence-corrected chi connectivity index (χ3v) is 4.61. The van der Waals surface area contributed by atoms with Gasteiger partial charge in [-0.25, -0.2) is 8.42 Å². The molecule has 1 aliphatic rings. The molecule has 1 aliphatic heterocycles. The van der Waals surface area contributed by atoms with Crippen molar-refractivity contribution in [1.82, 2.24) is 0 Å². The molecule has 1 heterocycles. The molecule has 0 saturated heterocycles. The zero-order valence-electron chi connectivity index (χ0n) is 10.3. The van der Waals surface area contributed by atoms with E-state index in [1.807, 2.05) is 0 Å². The highest BCUT2D eigenvalue weighted by Crippen LogP contribution is 2.32. The molecule has 0 bridgehead atoms. The van der Waals surface area contributed by atoms with Gasteiger partial charge in [0, 0.05) is 11.8 Å². The molecule has 2 rings (SSSR count). The first-order valence-electron chi connectivity index (χ1n) is 5.87. The monoisotopic (exact) mass is 271 g/mol. The third-order valence-electron chi connectivity index (χ3n) is 2.87. The van der Waals surface area contributed by atoms with Crippen LogP contribution in [0.4, 0.5) is 0 Å². The molecule has 5 nitrogen and oxygen atoms in total. The molecule has 0 aliphatic carbocycles. The zero-order chi connectivity index (χ0) is 13.2. The van der Waals surface area contributed by atoms with Crippen molar-refractivity contribution in [2.24, 2.45) is 5.73 Å². The van der Waals surface area contributed by atoms with Gasteiger partial charge >= 0.3 is 0 Å². The van der Waals surface area contributed by atoms with Crippen LogP contribution in [-0.2, 0) is 9.84 Å². The van der Waals surface area contributed by atoms with E-state index >= 15 is 0 Å². The van der Waals surface area contributed by atoms with Crippen LogP contribution in [0.5, 0.6) is 11.5 Å². The average molecular weight is 271 g/mol. The van der Waals surface area contributed by atoms with Crippen molar-refractivity contribution < 1.29 is 17.9 Å². The van der Waals surface area contributed by atoms with Crippen LogP contribution in [0, 0.1) is 0 Å². The number of hydrogen-bond donors (Lipinski definition) is 1. The van der Waals surface area contributed by atoms with Gasteiger partial charge in [-0.3, -0.25) is 0 Å². The van der Waals surface area contributed by atoms with Crippen molar-refractivity contribution in [2.45, 2.75) is 13.0 Å². The van der Waals surface area contributed by atoms with Gasteiger partial charge in [0.1, 0.15) is 13.2 Å². The Morgan fingerprint density at radius 3 is 2.61 bits per heavy atom. The molecule has 6 heteroatoms. The summed E-state index contributed by atoms with van der Waals surface area (Å²) in [7, 11) is -3.09. The lowest BCUT2D eigenvalue weighted by Crippen LogP contribution is -2.23. The Morgan fingerprint density at radius 1 is 1.28 bits per heavy atom. The van der Waals surface area contributed by atoms with Crippen molar-refractivity contribution in [3.63, 3.8) is 0 Å². The molecule has 2 N–H and O–H groups in total. The summed E-state index contributed by atoms with van der Waals surface area (Å²) in [6, 6.07) is 4.77. The first-order chi connectivity index (χ1) is 8.52. The van der Waals surface area contributed by atoms with Crippen molar-refractivity contribution in [3.05, 3.63) is 23.8 Å². The predicted octanol–water partition coefficient (Wildman–Crippen LogP) is 0.892. The van der Waals surface area contributed by atoms with Crippen LogP contribution in [0.15, 0.2) is 18.2 Å². The van der Waals surface area contributed by atoms with Crippen LogP contribution >= 0.6 is 0 Å². The largest absolute Gasteiger partial charge is 0.486 e. The number of sulfone groups is 1. The van der Waals surface area contributed by atoms with E-state index in [2.05, 4.69) is 0 Å². The van der Waals surface area contributed by atoms with Crippen LogP contribution in [-0.4, -0.2) is 33.1 Å². The molecule has 0 radical (unpaired) electrons. The molecule has 0 spiro atoms. The van der Waals surface area contributed by atoms with Crippen molar-refractivity contribution in [3.8, 4) is 11.5 Å². The Hall–Kier alpha value is -1.27. The lowest BCUT2D eigenvalue weighted by Gasteiger charge is -2.20. The maximum atomic E-state index is 11.5. The Morgan fingerprint density at radius 2 is 1.94 bits per heavy atom. The van der Waals surface area contributed by atoms with Crippen LogP contribution < -0.4 is 15.2 Å². The van der Waals surface area contributed by atoms with E-state index in [0.717, 1.165) is 5.56 Å². The number of hydrogen-bond acceptors (Lipinski definition) is 5. The van der Waals surface area contributed by atoms with E-state index in [1.165, 1.54) is 0 Å². The summed E-state index contributed by atoms with van der Waals surface area (Å²) >= 11 is 0. The summed E-state index contributed by atoms with van der Waals surface area (Å²) in [4.78, 5) is 0. The van der Waals surface area contributed by atoms with Gasteiger partial charge < -0.3 is 15.2 Å². The van der Waals surface area contributed by atoms with Gasteiger partial charge in [-0.05, 0) is 17.7 Å². The second-order valence-electron chi connectivity index (χ2n) is 4.21. The fourth-order valence-electron chi connectivity index (χ4n) is 1.78. The zero-order valence-corrected chi connectivity index (χ0v) is 11.1. The van der Waals surface area contributed by atoms with E-state index in [9.17, 15) is 8.42 Å². The lowest BCUT2D eigenvalue weighted by molar-refractivity contribution is 0.171. The number of fused-ring (bicyclic) bond motifs is 1. The molecular formula is C12H17NO4S. The van der Waals surface area contributed by atoms with Crippen LogP contribution in [0.1, 0.15) is 18.5 Å². The number of ether oxygens (including phenoxy) is 2. The highest BCUT2D eigenvalue weighted by molar-refractivity contribution is 7.91. The highest BCUT2D eigenvalue weighted by atomic mass is 32.2. The minimum absolute atomic E-state index is 0.0524. The van der Waals surface area contributed by atoms with E-state index in [4.69, 9.17) is 15.2 Å². The SMILES string of the molecule is CCS(=O)(=O)CC(N)c1ccc2c(c1)OCCO2. The smallest absolute Gasteiger partial charge is 0.161 e. The van der Waals surface area contributed by atoms with Gasteiger partial charge in [-0.15, -0.1) is 0 Å². The number of nitrogens with two attached hydrogens (primary N) is 1. The van der Waals surface area contributed by atoms with Crippen molar-refractivity contribution >= 4 is 9.84 Å². The molecule has 1 unspecified atom stereocenters. The van der Waals surface area contributed by atoms with E-state index in [-0.39, 0.29) is 11.5 Å². The summed E-state index contributed by atoms with van der Waals surface area (Å²) in [5.41, 5.74) is 6.66. The van der Waals surface area contributed by atoms with E-state index in [1.54, 1.807) is 25.1 Å². The van der Waals surface area contributed by atoms with Gasteiger partial charge in [0.15, 0.2) is 21.3 Å². The standard InChI is InChI=1S/C12H17NO4S/c1-2-18(14,15)8-10(13)9-3-4-11-12(7-9)17-6-5-16-11/h3-4,7,10H,2,5-6,8,13H2,1H3. The average Bonchev–Trinajstić information content (AvgIpc) is 2.37. The molecule has 18 heavy (non-hydrogen) atoms. The summed E-state index contributed by atoms with van der Waals surface area (Å²) < 4.78 is 33.9. The van der Waals surface area contributed by atoms with E-state index in [0.29, 0.717) is 24.7 Å². The topological polar surface area (TPSA) is 78.6 Å². The molecule has 0 fully saturated rings. The molecule has 1 aromatic rings. The molecule has 0 aromatic heterocycles. The minimum Gasteiger partial charge on any atom is -0.486 e. The van der Waals surface area contributed by atoms with Crippen molar-refractivity contribution in [1.29, 1.82) is 0 Å². The Bertz CT molecular complexity index is 527. The molecular weight excluding hydrogens is 254 g/mol. The van der Waals surface area contributed by atoms with Gasteiger partial charge in [-0.1, -0.05) is 13.0 Å². The fourth-order valence-corrected chi connectivity index (χ4v) is 2.75. The summed E-state index contributed by atoms with van der Waals surface area (Å²) in [6.07, 6.45) is 0. The maximum Gasteiger partial charge on any atom is 0.161 e. The maximum absolute atomic E-state index is 11.5. The summed E-state index contributed by atoms with van der Waals surface area (Å²) in [6.45, 7) is 2.65. The Kier molecular flexibility index (Phi) is 3.77. The first-order valence-corrected chi connectivity index (χ1v) is 7.69. The van der Waals surface area contributed by atoms with E-state index < -0.39 is 15.9 Å². The van der Waals surface area contributed by atoms with Gasteiger partial charge in [0.05, 0.1) is 5.75 Å². The molecule has 0 saturated carbocycles. The number of benzene rings is 1. The second kappa shape index (κ2) is 5.16. The summed E-state index contributed by atoms with van der Waals surface area (Å²) in [5, 5.41) is 0. The van der Waals surface area contributed by atoms with Crippen molar-refractivity contribution in [2.75, 3.05) is 24.7 Å². The lowest BCUT2D eigenvalue weighted by atomic mass is 10.1. The van der Waals surface area contributed by atoms with Crippen LogP contribution in [0.25, 0.3) is 0 Å². The molecule has 1 atom stereocenters. The second-order valence-corrected chi connectivity index (χ2v) is 6.61.